The van der Waals surface area contributed by atoms with Crippen molar-refractivity contribution < 1.29 is 15.0 Å². The molecule has 5 rings (SSSR count). The van der Waals surface area contributed by atoms with E-state index in [1.54, 1.807) is 18.2 Å². The van der Waals surface area contributed by atoms with Crippen LogP contribution in [-0.2, 0) is 6.42 Å². The molecule has 0 amide bonds. The highest BCUT2D eigenvalue weighted by molar-refractivity contribution is 6.11. The second kappa shape index (κ2) is 13.4. The molecule has 5 aromatic rings. The van der Waals surface area contributed by atoms with Crippen LogP contribution in [0.1, 0.15) is 65.4 Å². The van der Waals surface area contributed by atoms with Gasteiger partial charge in [-0.05, 0) is 79.8 Å². The van der Waals surface area contributed by atoms with Gasteiger partial charge < -0.3 is 10.2 Å². The number of carbonyl (C=O) groups is 1. The summed E-state index contributed by atoms with van der Waals surface area (Å²) in [5.41, 5.74) is 7.17. The molecule has 0 bridgehead atoms. The highest BCUT2D eigenvalue weighted by Gasteiger charge is 2.15. The molecule has 0 atom stereocenters. The van der Waals surface area contributed by atoms with Crippen molar-refractivity contribution in [2.24, 2.45) is 0 Å². The molecule has 202 valence electrons. The smallest absolute Gasteiger partial charge is 0.197 e. The molecule has 0 saturated heterocycles. The minimum Gasteiger partial charge on any atom is -0.507 e. The van der Waals surface area contributed by atoms with Crippen LogP contribution in [0.5, 0.6) is 11.5 Å². The van der Waals surface area contributed by atoms with Gasteiger partial charge in [0.2, 0.25) is 0 Å². The fourth-order valence-electron chi connectivity index (χ4n) is 4.19. The number of aromatic nitrogens is 3. The lowest BCUT2D eigenvalue weighted by Gasteiger charge is -2.09. The van der Waals surface area contributed by atoms with Gasteiger partial charge in [0.25, 0.3) is 0 Å². The maximum atomic E-state index is 12.2. The Morgan fingerprint density at radius 2 is 1.38 bits per heavy atom. The Labute approximate surface area is 230 Å². The number of benzene rings is 4. The lowest BCUT2D eigenvalue weighted by Crippen LogP contribution is -2.03. The molecule has 6 heteroatoms. The third-order valence-corrected chi connectivity index (χ3v) is 6.17. The second-order valence-electron chi connectivity index (χ2n) is 9.17. The fourth-order valence-corrected chi connectivity index (χ4v) is 4.19. The molecule has 0 radical (unpaired) electrons. The van der Waals surface area contributed by atoms with E-state index in [0.717, 1.165) is 40.6 Å². The van der Waals surface area contributed by atoms with Crippen molar-refractivity contribution in [1.29, 1.82) is 0 Å². The number of fused-ring (bicyclic) bond motifs is 1. The number of aryl methyl sites for hydroxylation is 4. The maximum Gasteiger partial charge on any atom is 0.197 e. The van der Waals surface area contributed by atoms with Crippen molar-refractivity contribution >= 4 is 16.8 Å². The summed E-state index contributed by atoms with van der Waals surface area (Å²) in [6, 6.07) is 24.1. The van der Waals surface area contributed by atoms with E-state index in [2.05, 4.69) is 17.1 Å². The van der Waals surface area contributed by atoms with E-state index in [0.29, 0.717) is 16.8 Å². The molecule has 0 aliphatic heterocycles. The van der Waals surface area contributed by atoms with Crippen LogP contribution in [0, 0.1) is 20.8 Å². The standard InChI is InChI=1S/C16H17N3O.C15H14O2.C2H6/c1-3-6-12-9-11(2)16(20)15(10-12)19-17-13-7-4-5-8-14(13)18-19;1-10-7-8-13(14(16)9-10)15(17)12-6-4-3-5-11(12)2;1-2/h4-5,7-10,20H,3,6H2,1-2H3;3-9,16H,1-2H3;1-2H3. The lowest BCUT2D eigenvalue weighted by atomic mass is 9.98. The van der Waals surface area contributed by atoms with Crippen molar-refractivity contribution in [3.63, 3.8) is 0 Å². The molecule has 2 N–H and O–H groups in total. The van der Waals surface area contributed by atoms with Crippen LogP contribution in [0.3, 0.4) is 0 Å². The highest BCUT2D eigenvalue weighted by atomic mass is 16.3. The number of nitrogens with zero attached hydrogens (tertiary/aromatic N) is 3. The van der Waals surface area contributed by atoms with Crippen molar-refractivity contribution in [3.8, 4) is 17.2 Å². The zero-order valence-electron chi connectivity index (χ0n) is 23.6. The zero-order valence-corrected chi connectivity index (χ0v) is 23.6. The van der Waals surface area contributed by atoms with E-state index in [9.17, 15) is 15.0 Å². The first-order chi connectivity index (χ1) is 18.8. The molecule has 0 aliphatic carbocycles. The molecular weight excluding hydrogens is 486 g/mol. The maximum absolute atomic E-state index is 12.2. The van der Waals surface area contributed by atoms with Crippen LogP contribution >= 0.6 is 0 Å². The second-order valence-corrected chi connectivity index (χ2v) is 9.17. The SMILES string of the molecule is CC.CCCc1cc(C)c(O)c(-n2nc3ccccc3n2)c1.Cc1ccc(C(=O)c2ccccc2C)c(O)c1. The first-order valence-corrected chi connectivity index (χ1v) is 13.3. The number of hydrogen-bond acceptors (Lipinski definition) is 5. The van der Waals surface area contributed by atoms with Crippen LogP contribution < -0.4 is 0 Å². The summed E-state index contributed by atoms with van der Waals surface area (Å²) in [5.74, 6) is 0.143. The summed E-state index contributed by atoms with van der Waals surface area (Å²) in [6.07, 6.45) is 2.05. The number of ketones is 1. The topological polar surface area (TPSA) is 88.2 Å². The summed E-state index contributed by atoms with van der Waals surface area (Å²) >= 11 is 0. The van der Waals surface area contributed by atoms with E-state index in [1.807, 2.05) is 95.3 Å². The molecule has 39 heavy (non-hydrogen) atoms. The Kier molecular flexibility index (Phi) is 9.98. The normalized spacial score (nSPS) is 10.3. The summed E-state index contributed by atoms with van der Waals surface area (Å²) in [4.78, 5) is 13.8. The number of phenols is 2. The number of aromatic hydroxyl groups is 2. The summed E-state index contributed by atoms with van der Waals surface area (Å²) < 4.78 is 0. The highest BCUT2D eigenvalue weighted by Crippen LogP contribution is 2.28. The van der Waals surface area contributed by atoms with Gasteiger partial charge in [-0.15, -0.1) is 15.0 Å². The number of hydrogen-bond donors (Lipinski definition) is 2. The Morgan fingerprint density at radius 1 is 0.769 bits per heavy atom. The average molecular weight is 524 g/mol. The predicted octanol–water partition coefficient (Wildman–Crippen LogP) is 7.65. The third kappa shape index (κ3) is 6.90. The van der Waals surface area contributed by atoms with Crippen LogP contribution in [0.4, 0.5) is 0 Å². The largest absolute Gasteiger partial charge is 0.507 e. The van der Waals surface area contributed by atoms with Crippen molar-refractivity contribution in [3.05, 3.63) is 112 Å². The van der Waals surface area contributed by atoms with Gasteiger partial charge in [-0.25, -0.2) is 0 Å². The predicted molar refractivity (Wildman–Crippen MR) is 158 cm³/mol. The van der Waals surface area contributed by atoms with Gasteiger partial charge in [0, 0.05) is 5.56 Å². The molecule has 0 saturated carbocycles. The molecule has 0 unspecified atom stereocenters. The Bertz CT molecular complexity index is 1540. The van der Waals surface area contributed by atoms with Gasteiger partial charge in [-0.2, -0.15) is 0 Å². The Balaban J connectivity index is 0.000000205. The van der Waals surface area contributed by atoms with Crippen LogP contribution in [0.2, 0.25) is 0 Å². The van der Waals surface area contributed by atoms with Gasteiger partial charge in [0.1, 0.15) is 28.2 Å². The number of carbonyl (C=O) groups excluding carboxylic acids is 1. The van der Waals surface area contributed by atoms with E-state index >= 15 is 0 Å². The Morgan fingerprint density at radius 3 is 1.97 bits per heavy atom. The molecular formula is C33H37N3O3. The van der Waals surface area contributed by atoms with Crippen molar-refractivity contribution in [2.75, 3.05) is 0 Å². The monoisotopic (exact) mass is 523 g/mol. The fraction of sp³-hybridized carbons (Fsp3) is 0.242. The molecule has 0 fully saturated rings. The van der Waals surface area contributed by atoms with Crippen LogP contribution in [-0.4, -0.2) is 31.0 Å². The average Bonchev–Trinajstić information content (AvgIpc) is 3.36. The summed E-state index contributed by atoms with van der Waals surface area (Å²) in [6.45, 7) is 11.8. The van der Waals surface area contributed by atoms with E-state index in [-0.39, 0.29) is 17.3 Å². The van der Waals surface area contributed by atoms with Crippen LogP contribution in [0.15, 0.2) is 78.9 Å². The van der Waals surface area contributed by atoms with E-state index in [1.165, 1.54) is 10.4 Å². The van der Waals surface area contributed by atoms with Crippen molar-refractivity contribution in [2.45, 2.75) is 54.4 Å². The van der Waals surface area contributed by atoms with E-state index in [4.69, 9.17) is 0 Å². The number of phenolic OH excluding ortho intramolecular Hbond substituents is 2. The van der Waals surface area contributed by atoms with Gasteiger partial charge in [-0.1, -0.05) is 75.7 Å². The summed E-state index contributed by atoms with van der Waals surface area (Å²) in [5, 5.41) is 28.9. The quantitative estimate of drug-likeness (QED) is 0.231. The molecule has 1 heterocycles. The zero-order chi connectivity index (χ0) is 28.5. The minimum atomic E-state index is -0.138. The van der Waals surface area contributed by atoms with Gasteiger partial charge in [-0.3, -0.25) is 4.79 Å². The van der Waals surface area contributed by atoms with Gasteiger partial charge in [0.05, 0.1) is 5.56 Å². The Hall–Kier alpha value is -4.45. The van der Waals surface area contributed by atoms with Crippen molar-refractivity contribution in [1.82, 2.24) is 15.0 Å². The van der Waals surface area contributed by atoms with Crippen LogP contribution in [0.25, 0.3) is 16.7 Å². The lowest BCUT2D eigenvalue weighted by molar-refractivity contribution is 0.103. The third-order valence-electron chi connectivity index (χ3n) is 6.17. The molecule has 0 aliphatic rings. The van der Waals surface area contributed by atoms with Gasteiger partial charge in [0.15, 0.2) is 5.78 Å². The molecule has 0 spiro atoms. The minimum absolute atomic E-state index is 0.0400. The summed E-state index contributed by atoms with van der Waals surface area (Å²) in [7, 11) is 0. The van der Waals surface area contributed by atoms with E-state index < -0.39 is 0 Å². The van der Waals surface area contributed by atoms with Gasteiger partial charge >= 0.3 is 0 Å². The first-order valence-electron chi connectivity index (χ1n) is 13.3. The number of rotatable bonds is 5. The molecule has 6 nitrogen and oxygen atoms in total. The molecule has 1 aromatic heterocycles. The molecule has 4 aromatic carbocycles. The first kappa shape index (κ1) is 29.1.